The van der Waals surface area contributed by atoms with Crippen LogP contribution in [0.2, 0.25) is 0 Å². The zero-order valence-corrected chi connectivity index (χ0v) is 23.3. The average Bonchev–Trinajstić information content (AvgIpc) is 2.84. The van der Waals surface area contributed by atoms with Gasteiger partial charge in [0.15, 0.2) is 0 Å². The number of rotatable bonds is 8. The highest BCUT2D eigenvalue weighted by Gasteiger charge is 2.34. The van der Waals surface area contributed by atoms with Crippen LogP contribution in [0.5, 0.6) is 0 Å². The van der Waals surface area contributed by atoms with E-state index in [2.05, 4.69) is 30.0 Å². The molecule has 1 saturated heterocycles. The number of hydrogen-bond donors (Lipinski definition) is 2. The number of anilines is 1. The number of sulfonamides is 1. The van der Waals surface area contributed by atoms with Crippen LogP contribution in [0.25, 0.3) is 0 Å². The normalized spacial score (nSPS) is 22.5. The minimum atomic E-state index is -3.71. The molecule has 3 atom stereocenters. The van der Waals surface area contributed by atoms with Crippen LogP contribution < -0.4 is 10.0 Å². The van der Waals surface area contributed by atoms with Crippen molar-refractivity contribution in [2.24, 2.45) is 23.7 Å². The van der Waals surface area contributed by atoms with Crippen LogP contribution in [0.15, 0.2) is 40.8 Å². The summed E-state index contributed by atoms with van der Waals surface area (Å²) in [5.74, 6) is 0.655. The van der Waals surface area contributed by atoms with Gasteiger partial charge >= 0.3 is 0 Å². The van der Waals surface area contributed by atoms with Crippen LogP contribution in [-0.4, -0.2) is 68.7 Å². The fourth-order valence-electron chi connectivity index (χ4n) is 5.33. The van der Waals surface area contributed by atoms with E-state index in [1.54, 1.807) is 24.0 Å². The number of allylic oxidation sites excluding steroid dienone is 1. The Balaban J connectivity index is 1.63. The molecule has 0 bridgehead atoms. The van der Waals surface area contributed by atoms with Crippen LogP contribution in [0.4, 0.5) is 5.69 Å². The molecule has 2 N–H and O–H groups in total. The van der Waals surface area contributed by atoms with E-state index >= 15 is 0 Å². The van der Waals surface area contributed by atoms with Crippen molar-refractivity contribution in [3.05, 3.63) is 35.9 Å². The highest BCUT2D eigenvalue weighted by molar-refractivity contribution is 7.89. The number of carbonyl (C=O) groups excluding carboxylic acids is 3. The Kier molecular flexibility index (Phi) is 9.52. The van der Waals surface area contributed by atoms with E-state index in [1.165, 1.54) is 19.1 Å². The monoisotopic (exact) mass is 532 g/mol. The van der Waals surface area contributed by atoms with E-state index in [4.69, 9.17) is 0 Å². The lowest BCUT2D eigenvalue weighted by atomic mass is 9.70. The number of carbonyl (C=O) groups is 3. The molecule has 1 aromatic carbocycles. The average molecular weight is 533 g/mol. The summed E-state index contributed by atoms with van der Waals surface area (Å²) in [5, 5.41) is 2.63. The maximum absolute atomic E-state index is 13.0. The van der Waals surface area contributed by atoms with Gasteiger partial charge in [0.2, 0.25) is 27.7 Å². The standard InChI is InChI=1S/C27H40N4O5S/c1-18(2)26-15-22(16-27(34)31-12-10-30(11-13-31)21(5)33)19(3)14-23(26)17-28-37(35,36)25-8-6-24(7-9-25)29-20(4)32/h6-9,14,18,22-23,26,28H,10-13,15-17H2,1-5H3,(H,29,32)/t22-,23-,26-/m0/s1. The van der Waals surface area contributed by atoms with Gasteiger partial charge in [0.25, 0.3) is 0 Å². The largest absolute Gasteiger partial charge is 0.339 e. The van der Waals surface area contributed by atoms with Crippen molar-refractivity contribution in [1.29, 1.82) is 0 Å². The molecule has 1 aliphatic carbocycles. The van der Waals surface area contributed by atoms with Crippen LogP contribution in [-0.2, 0) is 24.4 Å². The third-order valence-corrected chi connectivity index (χ3v) is 9.02. The Morgan fingerprint density at radius 2 is 1.59 bits per heavy atom. The molecule has 0 radical (unpaired) electrons. The predicted octanol–water partition coefficient (Wildman–Crippen LogP) is 2.86. The Morgan fingerprint density at radius 1 is 1.00 bits per heavy atom. The quantitative estimate of drug-likeness (QED) is 0.500. The smallest absolute Gasteiger partial charge is 0.240 e. The van der Waals surface area contributed by atoms with Gasteiger partial charge in [-0.2, -0.15) is 0 Å². The zero-order chi connectivity index (χ0) is 27.3. The number of hydrogen-bond acceptors (Lipinski definition) is 5. The topological polar surface area (TPSA) is 116 Å². The summed E-state index contributed by atoms with van der Waals surface area (Å²) in [5.41, 5.74) is 1.66. The minimum absolute atomic E-state index is 0.0268. The van der Waals surface area contributed by atoms with Crippen molar-refractivity contribution in [1.82, 2.24) is 14.5 Å². The Hall–Kier alpha value is -2.72. The van der Waals surface area contributed by atoms with Crippen molar-refractivity contribution >= 4 is 33.4 Å². The molecule has 1 aliphatic heterocycles. The first kappa shape index (κ1) is 28.8. The molecule has 1 aromatic rings. The molecule has 1 fully saturated rings. The van der Waals surface area contributed by atoms with Gasteiger partial charge in [-0.25, -0.2) is 13.1 Å². The van der Waals surface area contributed by atoms with E-state index in [0.29, 0.717) is 44.2 Å². The van der Waals surface area contributed by atoms with Crippen molar-refractivity contribution in [2.75, 3.05) is 38.0 Å². The number of piperazine rings is 1. The van der Waals surface area contributed by atoms with Gasteiger partial charge < -0.3 is 15.1 Å². The molecular formula is C27H40N4O5S. The minimum Gasteiger partial charge on any atom is -0.339 e. The van der Waals surface area contributed by atoms with Crippen LogP contribution in [0, 0.1) is 23.7 Å². The summed E-state index contributed by atoms with van der Waals surface area (Å²) in [6, 6.07) is 6.10. The van der Waals surface area contributed by atoms with Gasteiger partial charge in [0.05, 0.1) is 4.90 Å². The molecular weight excluding hydrogens is 492 g/mol. The number of nitrogens with zero attached hydrogens (tertiary/aromatic N) is 2. The molecule has 0 spiro atoms. The Bertz CT molecular complexity index is 1120. The van der Waals surface area contributed by atoms with E-state index < -0.39 is 10.0 Å². The first-order valence-electron chi connectivity index (χ1n) is 13.0. The van der Waals surface area contributed by atoms with E-state index in [0.717, 1.165) is 12.0 Å². The fourth-order valence-corrected chi connectivity index (χ4v) is 6.40. The molecule has 3 amide bonds. The van der Waals surface area contributed by atoms with Crippen LogP contribution >= 0.6 is 0 Å². The number of nitrogens with one attached hydrogen (secondary N) is 2. The first-order chi connectivity index (χ1) is 17.4. The second-order valence-corrected chi connectivity index (χ2v) is 12.3. The lowest BCUT2D eigenvalue weighted by Crippen LogP contribution is -2.50. The van der Waals surface area contributed by atoms with Gasteiger partial charge in [0, 0.05) is 58.7 Å². The molecule has 9 nitrogen and oxygen atoms in total. The summed E-state index contributed by atoms with van der Waals surface area (Å²) < 4.78 is 28.6. The molecule has 3 rings (SSSR count). The van der Waals surface area contributed by atoms with Crippen LogP contribution in [0.3, 0.4) is 0 Å². The lowest BCUT2D eigenvalue weighted by Gasteiger charge is -2.39. The van der Waals surface area contributed by atoms with Gasteiger partial charge in [-0.1, -0.05) is 25.5 Å². The molecule has 2 aliphatic rings. The third-order valence-electron chi connectivity index (χ3n) is 7.58. The summed E-state index contributed by atoms with van der Waals surface area (Å²) in [7, 11) is -3.71. The van der Waals surface area contributed by atoms with Gasteiger partial charge in [-0.15, -0.1) is 0 Å². The predicted molar refractivity (Wildman–Crippen MR) is 143 cm³/mol. The van der Waals surface area contributed by atoms with Gasteiger partial charge in [-0.05, 0) is 61.3 Å². The van der Waals surface area contributed by atoms with E-state index in [1.807, 2.05) is 11.8 Å². The molecule has 0 unspecified atom stereocenters. The molecule has 37 heavy (non-hydrogen) atoms. The SMILES string of the molecule is CC(=O)Nc1ccc(S(=O)(=O)NC[C@@H]2C=C(C)[C@H](CC(=O)N3CCN(C(C)=O)CC3)C[C@H]2C(C)C)cc1. The Morgan fingerprint density at radius 3 is 2.14 bits per heavy atom. The van der Waals surface area contributed by atoms with Crippen molar-refractivity contribution < 1.29 is 22.8 Å². The highest BCUT2D eigenvalue weighted by Crippen LogP contribution is 2.39. The summed E-state index contributed by atoms with van der Waals surface area (Å²) in [4.78, 5) is 39.6. The second-order valence-electron chi connectivity index (χ2n) is 10.6. The van der Waals surface area contributed by atoms with Crippen molar-refractivity contribution in [3.8, 4) is 0 Å². The number of benzene rings is 1. The first-order valence-corrected chi connectivity index (χ1v) is 14.4. The van der Waals surface area contributed by atoms with Crippen molar-refractivity contribution in [2.45, 2.75) is 52.4 Å². The second kappa shape index (κ2) is 12.2. The number of amides is 3. The molecule has 0 saturated carbocycles. The molecule has 10 heteroatoms. The van der Waals surface area contributed by atoms with E-state index in [-0.39, 0.29) is 46.9 Å². The fraction of sp³-hybridized carbons (Fsp3) is 0.593. The van der Waals surface area contributed by atoms with Crippen LogP contribution in [0.1, 0.15) is 47.5 Å². The van der Waals surface area contributed by atoms with Gasteiger partial charge in [0.1, 0.15) is 0 Å². The Labute approximate surface area is 220 Å². The van der Waals surface area contributed by atoms with Gasteiger partial charge in [-0.3, -0.25) is 14.4 Å². The lowest BCUT2D eigenvalue weighted by molar-refractivity contribution is -0.139. The molecule has 204 valence electrons. The summed E-state index contributed by atoms with van der Waals surface area (Å²) >= 11 is 0. The van der Waals surface area contributed by atoms with Crippen molar-refractivity contribution in [3.63, 3.8) is 0 Å². The summed E-state index contributed by atoms with van der Waals surface area (Å²) in [6.07, 6.45) is 3.41. The third kappa shape index (κ3) is 7.64. The van der Waals surface area contributed by atoms with E-state index in [9.17, 15) is 22.8 Å². The molecule has 1 heterocycles. The highest BCUT2D eigenvalue weighted by atomic mass is 32.2. The zero-order valence-electron chi connectivity index (χ0n) is 22.5. The molecule has 0 aromatic heterocycles. The maximum atomic E-state index is 13.0. The summed E-state index contributed by atoms with van der Waals surface area (Å²) in [6.45, 7) is 11.8. The maximum Gasteiger partial charge on any atom is 0.240 e.